The van der Waals surface area contributed by atoms with Crippen molar-refractivity contribution in [2.45, 2.75) is 65.2 Å². The fourth-order valence-electron chi connectivity index (χ4n) is 1.46. The summed E-state index contributed by atoms with van der Waals surface area (Å²) < 4.78 is 22.8. The fourth-order valence-corrected chi connectivity index (χ4v) is 2.32. The molecular weight excluding hydrogens is 294 g/mol. The van der Waals surface area contributed by atoms with Gasteiger partial charge in [0.15, 0.2) is 9.84 Å². The summed E-state index contributed by atoms with van der Waals surface area (Å²) in [5.74, 6) is -2.62. The predicted molar refractivity (Wildman–Crippen MR) is 81.8 cm³/mol. The van der Waals surface area contributed by atoms with Gasteiger partial charge in [-0.2, -0.15) is 0 Å². The van der Waals surface area contributed by atoms with E-state index in [2.05, 4.69) is 5.32 Å². The maximum absolute atomic E-state index is 11.9. The van der Waals surface area contributed by atoms with Crippen LogP contribution < -0.4 is 5.32 Å². The number of hydrogen-bond acceptors (Lipinski definition) is 4. The third kappa shape index (κ3) is 7.45. The second kappa shape index (κ2) is 6.77. The quantitative estimate of drug-likeness (QED) is 0.774. The normalized spacial score (nSPS) is 14.6. The molecule has 0 aliphatic rings. The molecule has 0 radical (unpaired) electrons. The maximum atomic E-state index is 11.9. The molecule has 0 bridgehead atoms. The van der Waals surface area contributed by atoms with Crippen LogP contribution in [0.5, 0.6) is 0 Å². The molecule has 0 saturated carbocycles. The van der Waals surface area contributed by atoms with Gasteiger partial charge in [-0.15, -0.1) is 0 Å². The summed E-state index contributed by atoms with van der Waals surface area (Å²) in [6.45, 7) is 10.4. The number of nitrogens with one attached hydrogen (secondary N) is 1. The SMILES string of the molecule is CC(C)(C)CCC(NC(=O)CS(=O)(=O)C(C)(C)C)C(=O)O. The summed E-state index contributed by atoms with van der Waals surface area (Å²) in [5.41, 5.74) is -0.0596. The van der Waals surface area contributed by atoms with E-state index < -0.39 is 38.3 Å². The largest absolute Gasteiger partial charge is 0.480 e. The van der Waals surface area contributed by atoms with Gasteiger partial charge in [0.2, 0.25) is 5.91 Å². The van der Waals surface area contributed by atoms with Crippen LogP contribution in [0.4, 0.5) is 0 Å². The van der Waals surface area contributed by atoms with Crippen LogP contribution in [0.15, 0.2) is 0 Å². The highest BCUT2D eigenvalue weighted by Crippen LogP contribution is 2.22. The molecule has 0 aromatic carbocycles. The molecule has 0 spiro atoms. The van der Waals surface area contributed by atoms with Crippen LogP contribution >= 0.6 is 0 Å². The van der Waals surface area contributed by atoms with Crippen molar-refractivity contribution in [3.63, 3.8) is 0 Å². The molecule has 124 valence electrons. The summed E-state index contributed by atoms with van der Waals surface area (Å²) in [5, 5.41) is 11.4. The van der Waals surface area contributed by atoms with Crippen molar-refractivity contribution in [1.82, 2.24) is 5.32 Å². The van der Waals surface area contributed by atoms with Crippen molar-refractivity contribution in [3.05, 3.63) is 0 Å². The lowest BCUT2D eigenvalue weighted by Gasteiger charge is -2.23. The lowest BCUT2D eigenvalue weighted by molar-refractivity contribution is -0.141. The highest BCUT2D eigenvalue weighted by atomic mass is 32.2. The maximum Gasteiger partial charge on any atom is 0.326 e. The monoisotopic (exact) mass is 321 g/mol. The van der Waals surface area contributed by atoms with Crippen molar-refractivity contribution in [2.75, 3.05) is 5.75 Å². The third-order valence-electron chi connectivity index (χ3n) is 3.07. The zero-order chi connectivity index (χ0) is 17.1. The van der Waals surface area contributed by atoms with Gasteiger partial charge in [-0.25, -0.2) is 13.2 Å². The Labute approximate surface area is 127 Å². The minimum absolute atomic E-state index is 0.0596. The van der Waals surface area contributed by atoms with E-state index in [1.54, 1.807) is 0 Å². The summed E-state index contributed by atoms with van der Waals surface area (Å²) in [6, 6.07) is -1.06. The van der Waals surface area contributed by atoms with Crippen LogP contribution in [0.1, 0.15) is 54.4 Å². The molecule has 0 aliphatic carbocycles. The predicted octanol–water partition coefficient (Wildman–Crippen LogP) is 1.60. The molecule has 1 atom stereocenters. The Balaban J connectivity index is 4.75. The topological polar surface area (TPSA) is 101 Å². The molecule has 0 rings (SSSR count). The summed E-state index contributed by atoms with van der Waals surface area (Å²) in [4.78, 5) is 22.9. The van der Waals surface area contributed by atoms with Crippen LogP contribution in [-0.2, 0) is 19.4 Å². The van der Waals surface area contributed by atoms with Gasteiger partial charge >= 0.3 is 5.97 Å². The lowest BCUT2D eigenvalue weighted by atomic mass is 9.88. The Morgan fingerprint density at radius 2 is 1.57 bits per heavy atom. The number of rotatable bonds is 6. The molecule has 0 heterocycles. The van der Waals surface area contributed by atoms with E-state index in [0.717, 1.165) is 0 Å². The molecule has 21 heavy (non-hydrogen) atoms. The van der Waals surface area contributed by atoms with E-state index in [1.165, 1.54) is 20.8 Å². The Morgan fingerprint density at radius 3 is 1.90 bits per heavy atom. The number of carbonyl (C=O) groups is 2. The van der Waals surface area contributed by atoms with E-state index >= 15 is 0 Å². The van der Waals surface area contributed by atoms with Gasteiger partial charge in [0.25, 0.3) is 0 Å². The molecule has 0 aromatic heterocycles. The highest BCUT2D eigenvalue weighted by molar-refractivity contribution is 7.93. The van der Waals surface area contributed by atoms with Gasteiger partial charge in [0.1, 0.15) is 11.8 Å². The molecule has 6 nitrogen and oxygen atoms in total. The van der Waals surface area contributed by atoms with Gasteiger partial charge in [0.05, 0.1) is 4.75 Å². The van der Waals surface area contributed by atoms with Gasteiger partial charge in [-0.3, -0.25) is 4.79 Å². The number of carbonyl (C=O) groups excluding carboxylic acids is 1. The minimum Gasteiger partial charge on any atom is -0.480 e. The summed E-state index contributed by atoms with van der Waals surface area (Å²) >= 11 is 0. The smallest absolute Gasteiger partial charge is 0.326 e. The van der Waals surface area contributed by atoms with Crippen LogP contribution in [-0.4, -0.2) is 41.9 Å². The van der Waals surface area contributed by atoms with Gasteiger partial charge in [-0.05, 0) is 39.0 Å². The molecule has 1 amide bonds. The number of amides is 1. The molecule has 1 unspecified atom stereocenters. The number of carboxylic acid groups (broad SMARTS) is 1. The second-order valence-corrected chi connectivity index (χ2v) is 10.2. The second-order valence-electron chi connectivity index (χ2n) is 7.43. The molecule has 0 aromatic rings. The first-order valence-electron chi connectivity index (χ1n) is 6.90. The highest BCUT2D eigenvalue weighted by Gasteiger charge is 2.32. The first-order valence-corrected chi connectivity index (χ1v) is 8.55. The summed E-state index contributed by atoms with van der Waals surface area (Å²) in [6.07, 6.45) is 0.871. The van der Waals surface area contributed by atoms with E-state index in [4.69, 9.17) is 5.11 Å². The zero-order valence-corrected chi connectivity index (χ0v) is 14.5. The van der Waals surface area contributed by atoms with E-state index in [9.17, 15) is 18.0 Å². The summed E-state index contributed by atoms with van der Waals surface area (Å²) in [7, 11) is -3.62. The van der Waals surface area contributed by atoms with E-state index in [0.29, 0.717) is 6.42 Å². The van der Waals surface area contributed by atoms with Crippen LogP contribution in [0.2, 0.25) is 0 Å². The first-order chi connectivity index (χ1) is 9.16. The van der Waals surface area contributed by atoms with Crippen LogP contribution in [0.25, 0.3) is 0 Å². The molecule has 2 N–H and O–H groups in total. The average molecular weight is 321 g/mol. The van der Waals surface area contributed by atoms with Gasteiger partial charge in [-0.1, -0.05) is 20.8 Å². The Bertz CT molecular complexity index is 482. The van der Waals surface area contributed by atoms with Crippen LogP contribution in [0, 0.1) is 5.41 Å². The molecule has 0 aliphatic heterocycles. The lowest BCUT2D eigenvalue weighted by Crippen LogP contribution is -2.45. The van der Waals surface area contributed by atoms with E-state index in [-0.39, 0.29) is 11.8 Å². The number of aliphatic carboxylic acids is 1. The Hall–Kier alpha value is -1.11. The van der Waals surface area contributed by atoms with Crippen molar-refractivity contribution in [2.24, 2.45) is 5.41 Å². The standard InChI is InChI=1S/C14H27NO5S/c1-13(2,3)8-7-10(12(17)18)15-11(16)9-21(19,20)14(4,5)6/h10H,7-9H2,1-6H3,(H,15,16)(H,17,18). The Kier molecular flexibility index (Phi) is 6.41. The number of carboxylic acids is 1. The number of sulfone groups is 1. The zero-order valence-electron chi connectivity index (χ0n) is 13.7. The molecular formula is C14H27NO5S. The average Bonchev–Trinajstić information content (AvgIpc) is 2.19. The number of hydrogen-bond donors (Lipinski definition) is 2. The molecule has 0 saturated heterocycles. The van der Waals surface area contributed by atoms with Crippen molar-refractivity contribution >= 4 is 21.7 Å². The first kappa shape index (κ1) is 19.9. The Morgan fingerprint density at radius 1 is 1.10 bits per heavy atom. The van der Waals surface area contributed by atoms with Crippen molar-refractivity contribution in [3.8, 4) is 0 Å². The van der Waals surface area contributed by atoms with Crippen molar-refractivity contribution in [1.29, 1.82) is 0 Å². The van der Waals surface area contributed by atoms with E-state index in [1.807, 2.05) is 20.8 Å². The fraction of sp³-hybridized carbons (Fsp3) is 0.857. The van der Waals surface area contributed by atoms with Crippen molar-refractivity contribution < 1.29 is 23.1 Å². The van der Waals surface area contributed by atoms with Gasteiger partial charge in [0, 0.05) is 0 Å². The molecule has 0 fully saturated rings. The minimum atomic E-state index is -3.62. The third-order valence-corrected chi connectivity index (χ3v) is 5.58. The van der Waals surface area contributed by atoms with Crippen LogP contribution in [0.3, 0.4) is 0 Å². The molecule has 7 heteroatoms. The van der Waals surface area contributed by atoms with Gasteiger partial charge < -0.3 is 10.4 Å².